The zero-order chi connectivity index (χ0) is 14.7. The van der Waals surface area contributed by atoms with Crippen LogP contribution in [0.1, 0.15) is 29.4 Å². The first-order valence-electron chi connectivity index (χ1n) is 6.24. The van der Waals surface area contributed by atoms with Gasteiger partial charge in [0.05, 0.1) is 14.2 Å². The average Bonchev–Trinajstić information content (AvgIpc) is 2.95. The van der Waals surface area contributed by atoms with Gasteiger partial charge in [-0.1, -0.05) is 6.92 Å². The van der Waals surface area contributed by atoms with Gasteiger partial charge in [0.15, 0.2) is 11.5 Å². The van der Waals surface area contributed by atoms with Crippen LogP contribution in [-0.4, -0.2) is 14.2 Å². The first kappa shape index (κ1) is 14.7. The minimum atomic E-state index is -0.713. The summed E-state index contributed by atoms with van der Waals surface area (Å²) in [6.45, 7) is 1.98. The molecule has 1 unspecified atom stereocenters. The lowest BCUT2D eigenvalue weighted by Gasteiger charge is -2.13. The Labute approximate surface area is 122 Å². The Balaban J connectivity index is 2.40. The molecule has 0 radical (unpaired) electrons. The van der Waals surface area contributed by atoms with E-state index in [1.54, 1.807) is 6.07 Å². The molecule has 1 aromatic heterocycles. The lowest BCUT2D eigenvalue weighted by molar-refractivity contribution is 0.351. The van der Waals surface area contributed by atoms with Crippen molar-refractivity contribution in [3.05, 3.63) is 47.2 Å². The Bertz CT molecular complexity index is 595. The predicted molar refractivity (Wildman–Crippen MR) is 75.3 cm³/mol. The molecule has 0 bridgehead atoms. The van der Waals surface area contributed by atoms with Gasteiger partial charge in [-0.2, -0.15) is 0 Å². The molecule has 5 heteroatoms. The van der Waals surface area contributed by atoms with Gasteiger partial charge in [-0.05, 0) is 18.2 Å². The van der Waals surface area contributed by atoms with E-state index in [4.69, 9.17) is 25.5 Å². The number of aryl methyl sites for hydroxylation is 1. The van der Waals surface area contributed by atoms with Crippen molar-refractivity contribution >= 4 is 11.6 Å². The van der Waals surface area contributed by atoms with Crippen LogP contribution in [0.25, 0.3) is 0 Å². The molecule has 0 N–H and O–H groups in total. The minimum Gasteiger partial charge on any atom is -0.493 e. The second kappa shape index (κ2) is 6.18. The molecule has 1 heterocycles. The summed E-state index contributed by atoms with van der Waals surface area (Å²) in [5.41, 5.74) is 0.293. The molecule has 0 spiro atoms. The van der Waals surface area contributed by atoms with E-state index in [-0.39, 0.29) is 0 Å². The summed E-state index contributed by atoms with van der Waals surface area (Å²) >= 11 is 6.30. The maximum atomic E-state index is 14.1. The highest BCUT2D eigenvalue weighted by Crippen LogP contribution is 2.38. The largest absolute Gasteiger partial charge is 0.493 e. The fourth-order valence-corrected chi connectivity index (χ4v) is 2.22. The van der Waals surface area contributed by atoms with Gasteiger partial charge in [-0.15, -0.1) is 11.6 Å². The highest BCUT2D eigenvalue weighted by Gasteiger charge is 2.21. The lowest BCUT2D eigenvalue weighted by Crippen LogP contribution is -1.99. The predicted octanol–water partition coefficient (Wildman–Crippen LogP) is 4.33. The van der Waals surface area contributed by atoms with Crippen molar-refractivity contribution < 1.29 is 18.3 Å². The van der Waals surface area contributed by atoms with Crippen LogP contribution in [0.15, 0.2) is 28.7 Å². The van der Waals surface area contributed by atoms with Crippen molar-refractivity contribution in [2.45, 2.75) is 18.7 Å². The third kappa shape index (κ3) is 2.75. The Morgan fingerprint density at radius 3 is 2.40 bits per heavy atom. The van der Waals surface area contributed by atoms with E-state index < -0.39 is 11.2 Å². The van der Waals surface area contributed by atoms with Gasteiger partial charge in [-0.3, -0.25) is 0 Å². The summed E-state index contributed by atoms with van der Waals surface area (Å²) in [6.07, 6.45) is 0.762. The molecule has 0 saturated carbocycles. The molecule has 0 fully saturated rings. The Morgan fingerprint density at radius 1 is 1.20 bits per heavy atom. The standard InChI is InChI=1S/C15H16ClFO3/c1-4-9-5-6-12(20-9)15(16)10-7-13(18-2)14(19-3)8-11(10)17/h5-8,15H,4H2,1-3H3. The molecule has 2 aromatic rings. The third-order valence-electron chi connectivity index (χ3n) is 3.06. The second-order valence-electron chi connectivity index (χ2n) is 4.25. The first-order chi connectivity index (χ1) is 9.60. The number of ether oxygens (including phenoxy) is 2. The highest BCUT2D eigenvalue weighted by atomic mass is 35.5. The van der Waals surface area contributed by atoms with Crippen LogP contribution in [0.5, 0.6) is 11.5 Å². The van der Waals surface area contributed by atoms with Crippen LogP contribution in [0.2, 0.25) is 0 Å². The van der Waals surface area contributed by atoms with Crippen molar-refractivity contribution in [1.29, 1.82) is 0 Å². The third-order valence-corrected chi connectivity index (χ3v) is 3.51. The van der Waals surface area contributed by atoms with E-state index >= 15 is 0 Å². The SMILES string of the molecule is CCc1ccc(C(Cl)c2cc(OC)c(OC)cc2F)o1. The number of methoxy groups -OCH3 is 2. The summed E-state index contributed by atoms with van der Waals surface area (Å²) < 4.78 is 29.9. The Hall–Kier alpha value is -1.68. The van der Waals surface area contributed by atoms with E-state index in [1.807, 2.05) is 13.0 Å². The van der Waals surface area contributed by atoms with E-state index in [9.17, 15) is 4.39 Å². The maximum absolute atomic E-state index is 14.1. The molecule has 0 aliphatic heterocycles. The molecule has 0 amide bonds. The molecular weight excluding hydrogens is 283 g/mol. The second-order valence-corrected chi connectivity index (χ2v) is 4.69. The highest BCUT2D eigenvalue weighted by molar-refractivity contribution is 6.22. The van der Waals surface area contributed by atoms with Gasteiger partial charge in [-0.25, -0.2) is 4.39 Å². The lowest BCUT2D eigenvalue weighted by atomic mass is 10.1. The number of benzene rings is 1. The zero-order valence-corrected chi connectivity index (χ0v) is 12.3. The first-order valence-corrected chi connectivity index (χ1v) is 6.68. The summed E-state index contributed by atoms with van der Waals surface area (Å²) in [4.78, 5) is 0. The molecule has 0 aliphatic rings. The maximum Gasteiger partial charge on any atom is 0.163 e. The topological polar surface area (TPSA) is 31.6 Å². The van der Waals surface area contributed by atoms with E-state index in [0.717, 1.165) is 12.2 Å². The summed E-state index contributed by atoms with van der Waals surface area (Å²) in [7, 11) is 2.94. The molecule has 0 aliphatic carbocycles. The van der Waals surface area contributed by atoms with E-state index in [2.05, 4.69) is 0 Å². The van der Waals surface area contributed by atoms with Gasteiger partial charge in [0.25, 0.3) is 0 Å². The van der Waals surface area contributed by atoms with Crippen LogP contribution < -0.4 is 9.47 Å². The van der Waals surface area contributed by atoms with Crippen molar-refractivity contribution in [1.82, 2.24) is 0 Å². The van der Waals surface area contributed by atoms with Gasteiger partial charge in [0, 0.05) is 18.1 Å². The van der Waals surface area contributed by atoms with Crippen molar-refractivity contribution in [2.24, 2.45) is 0 Å². The zero-order valence-electron chi connectivity index (χ0n) is 11.6. The van der Waals surface area contributed by atoms with Gasteiger partial charge in [0.2, 0.25) is 0 Å². The number of halogens is 2. The van der Waals surface area contributed by atoms with Crippen LogP contribution in [0.4, 0.5) is 4.39 Å². The normalized spacial score (nSPS) is 12.2. The van der Waals surface area contributed by atoms with E-state index in [0.29, 0.717) is 22.8 Å². The Morgan fingerprint density at radius 2 is 1.85 bits per heavy atom. The van der Waals surface area contributed by atoms with Crippen LogP contribution >= 0.6 is 11.6 Å². The summed E-state index contributed by atoms with van der Waals surface area (Å²) in [5.74, 6) is 1.61. The number of hydrogen-bond acceptors (Lipinski definition) is 3. The summed E-state index contributed by atoms with van der Waals surface area (Å²) in [5, 5.41) is -0.713. The van der Waals surface area contributed by atoms with Gasteiger partial charge < -0.3 is 13.9 Å². The fraction of sp³-hybridized carbons (Fsp3) is 0.333. The average molecular weight is 299 g/mol. The molecule has 20 heavy (non-hydrogen) atoms. The molecule has 108 valence electrons. The van der Waals surface area contributed by atoms with Crippen LogP contribution in [-0.2, 0) is 6.42 Å². The smallest absolute Gasteiger partial charge is 0.163 e. The molecule has 1 atom stereocenters. The van der Waals surface area contributed by atoms with E-state index in [1.165, 1.54) is 26.4 Å². The number of rotatable bonds is 5. The Kier molecular flexibility index (Phi) is 4.55. The quantitative estimate of drug-likeness (QED) is 0.770. The van der Waals surface area contributed by atoms with Crippen molar-refractivity contribution in [3.8, 4) is 11.5 Å². The molecule has 3 nitrogen and oxygen atoms in total. The molecule has 0 saturated heterocycles. The monoisotopic (exact) mass is 298 g/mol. The van der Waals surface area contributed by atoms with Crippen LogP contribution in [0, 0.1) is 5.82 Å². The molecule has 2 rings (SSSR count). The van der Waals surface area contributed by atoms with Gasteiger partial charge >= 0.3 is 0 Å². The molecule has 1 aromatic carbocycles. The molecular formula is C15H16ClFO3. The van der Waals surface area contributed by atoms with Gasteiger partial charge in [0.1, 0.15) is 22.7 Å². The van der Waals surface area contributed by atoms with Crippen molar-refractivity contribution in [2.75, 3.05) is 14.2 Å². The van der Waals surface area contributed by atoms with Crippen LogP contribution in [0.3, 0.4) is 0 Å². The van der Waals surface area contributed by atoms with Crippen molar-refractivity contribution in [3.63, 3.8) is 0 Å². The number of hydrogen-bond donors (Lipinski definition) is 0. The minimum absolute atomic E-state index is 0.293. The fourth-order valence-electron chi connectivity index (χ4n) is 1.94. The number of furan rings is 1. The number of alkyl halides is 1. The summed E-state index contributed by atoms with van der Waals surface area (Å²) in [6, 6.07) is 6.38.